The van der Waals surface area contributed by atoms with E-state index in [1.807, 2.05) is 0 Å². The third-order valence-electron chi connectivity index (χ3n) is 2.56. The predicted molar refractivity (Wildman–Crippen MR) is 52.6 cm³/mol. The Morgan fingerprint density at radius 2 is 2.21 bits per heavy atom. The lowest BCUT2D eigenvalue weighted by molar-refractivity contribution is -0.131. The summed E-state index contributed by atoms with van der Waals surface area (Å²) in [5, 5.41) is 12.0. The molecule has 1 saturated carbocycles. The summed E-state index contributed by atoms with van der Waals surface area (Å²) in [6.45, 7) is 1.79. The van der Waals surface area contributed by atoms with Crippen LogP contribution in [0.5, 0.6) is 0 Å². The summed E-state index contributed by atoms with van der Waals surface area (Å²) in [4.78, 5) is 22.8. The molecule has 14 heavy (non-hydrogen) atoms. The Hall–Kier alpha value is -1.04. The molecule has 1 aliphatic rings. The van der Waals surface area contributed by atoms with Crippen LogP contribution in [0.3, 0.4) is 0 Å². The van der Waals surface area contributed by atoms with Crippen LogP contribution in [0.2, 0.25) is 8.23 Å². The first kappa shape index (κ1) is 9.52. The summed E-state index contributed by atoms with van der Waals surface area (Å²) < 4.78 is 6.76. The van der Waals surface area contributed by atoms with Crippen molar-refractivity contribution in [2.45, 2.75) is 25.8 Å². The van der Waals surface area contributed by atoms with Gasteiger partial charge >= 0.3 is 0 Å². The molecule has 5 nitrogen and oxygen atoms in total. The quantitative estimate of drug-likeness (QED) is 0.476. The summed E-state index contributed by atoms with van der Waals surface area (Å²) in [5.41, 5.74) is 1.77. The van der Waals surface area contributed by atoms with Gasteiger partial charge in [-0.1, -0.05) is 6.82 Å². The number of nitrogens with one attached hydrogen (secondary N) is 1. The Bertz CT molecular complexity index is 264. The van der Waals surface area contributed by atoms with Gasteiger partial charge in [-0.15, -0.1) is 0 Å². The van der Waals surface area contributed by atoms with Crippen molar-refractivity contribution in [1.29, 1.82) is 0 Å². The molecule has 0 heterocycles. The number of hydrogen-bond donors (Lipinski definition) is 3. The molecule has 0 aromatic carbocycles. The molecular weight excluding hydrogens is 183 g/mol. The van der Waals surface area contributed by atoms with E-state index in [0.717, 1.165) is 0 Å². The highest BCUT2D eigenvalue weighted by Gasteiger charge is 2.40. The molecule has 6 heteroatoms. The maximum atomic E-state index is 11.6. The summed E-state index contributed by atoms with van der Waals surface area (Å²) in [6.07, 6.45) is -0.0731. The number of hydrogen-bond acceptors (Lipinski definition) is 3. The van der Waals surface area contributed by atoms with Gasteiger partial charge in [-0.25, -0.2) is 0 Å². The lowest BCUT2D eigenvalue weighted by Gasteiger charge is -2.14. The van der Waals surface area contributed by atoms with Gasteiger partial charge in [0.2, 0.25) is 19.2 Å². The number of nitrogens with two attached hydrogens (primary N) is 1. The monoisotopic (exact) mass is 199 g/mol. The van der Waals surface area contributed by atoms with E-state index in [2.05, 4.69) is 5.23 Å². The number of rotatable bonds is 3. The molecule has 0 spiro atoms. The van der Waals surface area contributed by atoms with Crippen LogP contribution in [0.25, 0.3) is 0 Å². The molecule has 78 valence electrons. The molecule has 0 saturated heterocycles. The smallest absolute Gasteiger partial charge is 0.232 e. The minimum atomic E-state index is -0.625. The van der Waals surface area contributed by atoms with Crippen LogP contribution in [0.4, 0.5) is 0 Å². The number of aliphatic hydroxyl groups excluding tert-OH is 1. The molecule has 1 aliphatic carbocycles. The van der Waals surface area contributed by atoms with Crippen molar-refractivity contribution in [2.24, 2.45) is 17.6 Å². The van der Waals surface area contributed by atoms with Crippen LogP contribution in [0.1, 0.15) is 12.8 Å². The number of carbonyl (C=O) groups excluding carboxylic acids is 2. The van der Waals surface area contributed by atoms with Crippen molar-refractivity contribution >= 4 is 19.2 Å². The van der Waals surface area contributed by atoms with Gasteiger partial charge in [0.05, 0.1) is 17.9 Å². The zero-order valence-electron chi connectivity index (χ0n) is 9.12. The minimum absolute atomic E-state index is 0.220. The molecule has 1 rings (SSSR count). The fourth-order valence-corrected chi connectivity index (χ4v) is 1.90. The number of primary amides is 1. The van der Waals surface area contributed by atoms with Gasteiger partial charge in [0.1, 0.15) is 0 Å². The van der Waals surface area contributed by atoms with Crippen molar-refractivity contribution in [3.05, 3.63) is 0 Å². The molecule has 2 unspecified atom stereocenters. The van der Waals surface area contributed by atoms with Gasteiger partial charge in [0.25, 0.3) is 0 Å². The van der Waals surface area contributed by atoms with E-state index >= 15 is 0 Å². The Morgan fingerprint density at radius 1 is 1.57 bits per heavy atom. The summed E-state index contributed by atoms with van der Waals surface area (Å²) in [6, 6.07) is 0. The topological polar surface area (TPSA) is 92.4 Å². The Labute approximate surface area is 84.8 Å². The van der Waals surface area contributed by atoms with E-state index in [9.17, 15) is 14.7 Å². The van der Waals surface area contributed by atoms with Crippen LogP contribution in [0, 0.1) is 11.8 Å². The lowest BCUT2D eigenvalue weighted by Crippen LogP contribution is -2.38. The number of amides is 2. The van der Waals surface area contributed by atoms with Crippen molar-refractivity contribution in [1.82, 2.24) is 5.23 Å². The van der Waals surface area contributed by atoms with Crippen molar-refractivity contribution in [3.63, 3.8) is 0 Å². The highest BCUT2D eigenvalue weighted by Crippen LogP contribution is 2.31. The van der Waals surface area contributed by atoms with Crippen LogP contribution in [0.15, 0.2) is 0 Å². The molecular formula is C8H15BN2O3. The van der Waals surface area contributed by atoms with Crippen molar-refractivity contribution in [2.75, 3.05) is 0 Å². The highest BCUT2D eigenvalue weighted by atomic mass is 16.3. The third-order valence-corrected chi connectivity index (χ3v) is 2.56. The third kappa shape index (κ3) is 2.26. The van der Waals surface area contributed by atoms with Gasteiger partial charge in [0.15, 0.2) is 1.41 Å². The van der Waals surface area contributed by atoms with Crippen molar-refractivity contribution in [3.8, 4) is 0 Å². The molecule has 2 amide bonds. The van der Waals surface area contributed by atoms with E-state index in [-0.39, 0.29) is 12.3 Å². The first-order valence-electron chi connectivity index (χ1n) is 5.27. The Morgan fingerprint density at radius 3 is 2.79 bits per heavy atom. The zero-order valence-corrected chi connectivity index (χ0v) is 8.12. The number of aliphatic hydroxyl groups is 1. The van der Waals surface area contributed by atoms with Gasteiger partial charge in [-0.2, -0.15) is 0 Å². The SMILES string of the molecule is [2H]NC(=O)[C@H]1CC(O)CC1C(=O)NBC. The predicted octanol–water partition coefficient (Wildman–Crippen LogP) is -1.63. The van der Waals surface area contributed by atoms with E-state index in [4.69, 9.17) is 1.41 Å². The van der Waals surface area contributed by atoms with E-state index < -0.39 is 23.8 Å². The molecule has 1 fully saturated rings. The largest absolute Gasteiger partial charge is 0.403 e. The minimum Gasteiger partial charge on any atom is -0.403 e. The molecule has 3 atom stereocenters. The fourth-order valence-electron chi connectivity index (χ4n) is 1.90. The van der Waals surface area contributed by atoms with Crippen LogP contribution < -0.4 is 11.0 Å². The highest BCUT2D eigenvalue weighted by molar-refractivity contribution is 6.35. The number of carbonyl (C=O) groups is 2. The van der Waals surface area contributed by atoms with Crippen LogP contribution in [-0.4, -0.2) is 30.4 Å². The second kappa shape index (κ2) is 4.46. The molecule has 0 radical (unpaired) electrons. The van der Waals surface area contributed by atoms with E-state index in [1.54, 1.807) is 12.5 Å². The van der Waals surface area contributed by atoms with Gasteiger partial charge < -0.3 is 16.1 Å². The molecule has 4 N–H and O–H groups in total. The van der Waals surface area contributed by atoms with Crippen molar-refractivity contribution < 1.29 is 16.1 Å². The Balaban J connectivity index is 2.68. The normalized spacial score (nSPS) is 31.9. The summed E-state index contributed by atoms with van der Waals surface area (Å²) in [7, 11) is 0.501. The summed E-state index contributed by atoms with van der Waals surface area (Å²) in [5.74, 6) is -1.81. The van der Waals surface area contributed by atoms with Crippen LogP contribution in [-0.2, 0) is 9.59 Å². The zero-order chi connectivity index (χ0) is 11.4. The van der Waals surface area contributed by atoms with E-state index in [1.165, 1.54) is 0 Å². The second-order valence-electron chi connectivity index (χ2n) is 3.60. The van der Waals surface area contributed by atoms with Gasteiger partial charge in [-0.3, -0.25) is 9.59 Å². The second-order valence-corrected chi connectivity index (χ2v) is 3.60. The maximum Gasteiger partial charge on any atom is 0.232 e. The maximum absolute atomic E-state index is 11.6. The van der Waals surface area contributed by atoms with Crippen LogP contribution >= 0.6 is 0 Å². The lowest BCUT2D eigenvalue weighted by atomic mass is 9.91. The molecule has 0 aromatic rings. The molecule has 0 bridgehead atoms. The van der Waals surface area contributed by atoms with E-state index in [0.29, 0.717) is 13.8 Å². The summed E-state index contributed by atoms with van der Waals surface area (Å²) >= 11 is 0. The average molecular weight is 199 g/mol. The molecule has 0 aliphatic heterocycles. The van der Waals surface area contributed by atoms with Gasteiger partial charge in [0, 0.05) is 0 Å². The Kier molecular flexibility index (Phi) is 3.03. The first-order valence-corrected chi connectivity index (χ1v) is 4.77. The average Bonchev–Trinajstić information content (AvgIpc) is 2.59. The van der Waals surface area contributed by atoms with Gasteiger partial charge in [-0.05, 0) is 12.8 Å². The molecule has 0 aromatic heterocycles. The first-order chi connectivity index (χ1) is 7.10. The standard InChI is InChI=1S/C8H15BN2O3/c1-9-11-8(14)6-3-4(12)2-5(6)7(10)13/h4-6,9,12H,2-3H2,1H3,(H2,10,13)(H,11,14)/t4?,5-,6?/m0/s1/i/hD. The fraction of sp³-hybridized carbons (Fsp3) is 0.750.